The predicted octanol–water partition coefficient (Wildman–Crippen LogP) is 0.790. The Bertz CT molecular complexity index is 300. The van der Waals surface area contributed by atoms with Crippen LogP contribution in [-0.4, -0.2) is 25.7 Å². The van der Waals surface area contributed by atoms with Crippen molar-refractivity contribution >= 4 is 15.6 Å². The zero-order chi connectivity index (χ0) is 9.47. The van der Waals surface area contributed by atoms with Gasteiger partial charge in [0.15, 0.2) is 0 Å². The van der Waals surface area contributed by atoms with Gasteiger partial charge in [0.2, 0.25) is 0 Å². The number of ketones is 1. The maximum Gasteiger partial charge on any atom is 0.150 e. The fourth-order valence-corrected chi connectivity index (χ4v) is 3.37. The van der Waals surface area contributed by atoms with Crippen LogP contribution in [0.2, 0.25) is 0 Å². The fraction of sp³-hybridized carbons (Fsp3) is 0.889. The van der Waals surface area contributed by atoms with E-state index in [-0.39, 0.29) is 23.3 Å². The molecule has 74 valence electrons. The third-order valence-electron chi connectivity index (χ3n) is 2.94. The largest absolute Gasteiger partial charge is 0.299 e. The van der Waals surface area contributed by atoms with Crippen molar-refractivity contribution < 1.29 is 13.2 Å². The van der Waals surface area contributed by atoms with E-state index in [2.05, 4.69) is 0 Å². The van der Waals surface area contributed by atoms with Crippen LogP contribution >= 0.6 is 0 Å². The molecule has 0 bridgehead atoms. The zero-order valence-electron chi connectivity index (χ0n) is 7.53. The minimum Gasteiger partial charge on any atom is -0.299 e. The fourth-order valence-electron chi connectivity index (χ4n) is 1.88. The van der Waals surface area contributed by atoms with Crippen molar-refractivity contribution in [2.75, 3.05) is 11.5 Å². The van der Waals surface area contributed by atoms with Gasteiger partial charge in [-0.25, -0.2) is 8.42 Å². The number of sulfone groups is 1. The molecule has 0 spiro atoms. The molecule has 13 heavy (non-hydrogen) atoms. The molecule has 1 aliphatic heterocycles. The van der Waals surface area contributed by atoms with Crippen LogP contribution in [0.4, 0.5) is 0 Å². The van der Waals surface area contributed by atoms with Gasteiger partial charge >= 0.3 is 0 Å². The average Bonchev–Trinajstić information content (AvgIpc) is 2.85. The summed E-state index contributed by atoms with van der Waals surface area (Å²) in [6.45, 7) is 0. The lowest BCUT2D eigenvalue weighted by molar-refractivity contribution is -0.124. The van der Waals surface area contributed by atoms with Gasteiger partial charge in [-0.2, -0.15) is 0 Å². The summed E-state index contributed by atoms with van der Waals surface area (Å²) in [6.07, 6.45) is 3.19. The molecule has 0 aromatic carbocycles. The third-order valence-corrected chi connectivity index (χ3v) is 4.65. The van der Waals surface area contributed by atoms with E-state index in [9.17, 15) is 13.2 Å². The lowest BCUT2D eigenvalue weighted by Crippen LogP contribution is -2.29. The predicted molar refractivity (Wildman–Crippen MR) is 49.1 cm³/mol. The standard InChI is InChI=1S/C9H14O3S/c10-9(7-1-2-7)8-3-5-13(11,12)6-4-8/h7-8H,1-6H2. The lowest BCUT2D eigenvalue weighted by Gasteiger charge is -2.20. The van der Waals surface area contributed by atoms with Crippen LogP contribution in [0.25, 0.3) is 0 Å². The van der Waals surface area contributed by atoms with Crippen molar-refractivity contribution in [3.05, 3.63) is 0 Å². The molecule has 0 aromatic heterocycles. The van der Waals surface area contributed by atoms with Gasteiger partial charge in [0.05, 0.1) is 11.5 Å². The van der Waals surface area contributed by atoms with Gasteiger partial charge in [0, 0.05) is 11.8 Å². The smallest absolute Gasteiger partial charge is 0.150 e. The summed E-state index contributed by atoms with van der Waals surface area (Å²) >= 11 is 0. The Labute approximate surface area is 78.4 Å². The highest BCUT2D eigenvalue weighted by molar-refractivity contribution is 7.91. The Morgan fingerprint density at radius 1 is 0.923 bits per heavy atom. The number of Topliss-reactive ketones (excluding diaryl/α,β-unsaturated/α-hetero) is 1. The highest BCUT2D eigenvalue weighted by Crippen LogP contribution is 2.35. The molecule has 3 nitrogen and oxygen atoms in total. The summed E-state index contributed by atoms with van der Waals surface area (Å²) in [4.78, 5) is 11.6. The zero-order valence-corrected chi connectivity index (χ0v) is 8.35. The molecule has 0 amide bonds. The molecular formula is C9H14O3S. The quantitative estimate of drug-likeness (QED) is 0.665. The average molecular weight is 202 g/mol. The van der Waals surface area contributed by atoms with E-state index in [0.717, 1.165) is 12.8 Å². The maximum absolute atomic E-state index is 11.6. The molecule has 2 fully saturated rings. The first-order valence-electron chi connectivity index (χ1n) is 4.83. The first-order valence-corrected chi connectivity index (χ1v) is 6.65. The van der Waals surface area contributed by atoms with Gasteiger partial charge in [-0.3, -0.25) is 4.79 Å². The Hall–Kier alpha value is -0.380. The molecule has 1 heterocycles. The van der Waals surface area contributed by atoms with Crippen molar-refractivity contribution in [1.29, 1.82) is 0 Å². The minimum atomic E-state index is -2.81. The van der Waals surface area contributed by atoms with E-state index >= 15 is 0 Å². The van der Waals surface area contributed by atoms with Gasteiger partial charge in [-0.05, 0) is 25.7 Å². The Kier molecular flexibility index (Phi) is 2.18. The van der Waals surface area contributed by atoms with Gasteiger partial charge in [0.25, 0.3) is 0 Å². The van der Waals surface area contributed by atoms with Crippen LogP contribution in [0, 0.1) is 11.8 Å². The topological polar surface area (TPSA) is 51.2 Å². The third kappa shape index (κ3) is 2.10. The normalized spacial score (nSPS) is 28.6. The summed E-state index contributed by atoms with van der Waals surface area (Å²) in [6, 6.07) is 0. The van der Waals surface area contributed by atoms with Crippen molar-refractivity contribution in [3.8, 4) is 0 Å². The highest BCUT2D eigenvalue weighted by atomic mass is 32.2. The van der Waals surface area contributed by atoms with E-state index in [4.69, 9.17) is 0 Å². The second-order valence-electron chi connectivity index (χ2n) is 4.10. The molecule has 0 atom stereocenters. The van der Waals surface area contributed by atoms with Crippen LogP contribution in [0.3, 0.4) is 0 Å². The molecule has 0 aromatic rings. The maximum atomic E-state index is 11.6. The Morgan fingerprint density at radius 3 is 1.85 bits per heavy atom. The molecule has 1 saturated heterocycles. The summed E-state index contributed by atoms with van der Waals surface area (Å²) in [5.74, 6) is 1.10. The molecule has 0 N–H and O–H groups in total. The van der Waals surface area contributed by atoms with Gasteiger partial charge in [-0.1, -0.05) is 0 Å². The first kappa shape index (κ1) is 9.19. The van der Waals surface area contributed by atoms with E-state index in [1.54, 1.807) is 0 Å². The van der Waals surface area contributed by atoms with E-state index in [0.29, 0.717) is 18.6 Å². The monoisotopic (exact) mass is 202 g/mol. The van der Waals surface area contributed by atoms with Crippen molar-refractivity contribution in [1.82, 2.24) is 0 Å². The van der Waals surface area contributed by atoms with Crippen molar-refractivity contribution in [3.63, 3.8) is 0 Å². The van der Waals surface area contributed by atoms with E-state index in [1.165, 1.54) is 0 Å². The Balaban J connectivity index is 1.94. The number of carbonyl (C=O) groups is 1. The second kappa shape index (κ2) is 3.08. The summed E-state index contributed by atoms with van der Waals surface area (Å²) in [7, 11) is -2.81. The lowest BCUT2D eigenvalue weighted by atomic mass is 9.95. The number of hydrogen-bond donors (Lipinski definition) is 0. The number of rotatable bonds is 2. The van der Waals surface area contributed by atoms with Crippen LogP contribution in [-0.2, 0) is 14.6 Å². The van der Waals surface area contributed by atoms with Crippen LogP contribution in [0.1, 0.15) is 25.7 Å². The molecule has 1 aliphatic carbocycles. The van der Waals surface area contributed by atoms with Crippen LogP contribution in [0.5, 0.6) is 0 Å². The molecule has 0 unspecified atom stereocenters. The highest BCUT2D eigenvalue weighted by Gasteiger charge is 2.37. The van der Waals surface area contributed by atoms with Gasteiger partial charge < -0.3 is 0 Å². The Morgan fingerprint density at radius 2 is 1.38 bits per heavy atom. The van der Waals surface area contributed by atoms with E-state index in [1.807, 2.05) is 0 Å². The molecule has 1 saturated carbocycles. The van der Waals surface area contributed by atoms with E-state index < -0.39 is 9.84 Å². The van der Waals surface area contributed by atoms with Gasteiger partial charge in [-0.15, -0.1) is 0 Å². The molecule has 0 radical (unpaired) electrons. The summed E-state index contributed by atoms with van der Waals surface area (Å²) in [5.41, 5.74) is 0. The summed E-state index contributed by atoms with van der Waals surface area (Å²) in [5, 5.41) is 0. The molecular weight excluding hydrogens is 188 g/mol. The minimum absolute atomic E-state index is 0.0519. The van der Waals surface area contributed by atoms with Crippen LogP contribution in [0.15, 0.2) is 0 Å². The van der Waals surface area contributed by atoms with Crippen molar-refractivity contribution in [2.45, 2.75) is 25.7 Å². The van der Waals surface area contributed by atoms with Gasteiger partial charge in [0.1, 0.15) is 15.6 Å². The van der Waals surface area contributed by atoms with Crippen molar-refractivity contribution in [2.24, 2.45) is 11.8 Å². The second-order valence-corrected chi connectivity index (χ2v) is 6.41. The number of hydrogen-bond acceptors (Lipinski definition) is 3. The first-order chi connectivity index (χ1) is 6.08. The molecule has 2 rings (SSSR count). The van der Waals surface area contributed by atoms with Crippen LogP contribution < -0.4 is 0 Å². The summed E-state index contributed by atoms with van der Waals surface area (Å²) < 4.78 is 22.2. The molecule has 4 heteroatoms. The number of carbonyl (C=O) groups excluding carboxylic acids is 1. The molecule has 2 aliphatic rings. The SMILES string of the molecule is O=C(C1CC1)C1CCS(=O)(=O)CC1.